The van der Waals surface area contributed by atoms with E-state index in [-0.39, 0.29) is 67.8 Å². The Balaban J connectivity index is 0.00000220. The fourth-order valence-electron chi connectivity index (χ4n) is 1.75. The molecular formula is C10H8KNO7S2. The summed E-state index contributed by atoms with van der Waals surface area (Å²) in [6.45, 7) is 0. The van der Waals surface area contributed by atoms with Crippen molar-refractivity contribution in [2.75, 3.05) is 5.73 Å². The Morgan fingerprint density at radius 2 is 1.33 bits per heavy atom. The van der Waals surface area contributed by atoms with E-state index in [1.165, 1.54) is 0 Å². The first kappa shape index (κ1) is 18.8. The minimum absolute atomic E-state index is 0. The van der Waals surface area contributed by atoms with Gasteiger partial charge in [0, 0.05) is 5.69 Å². The van der Waals surface area contributed by atoms with Crippen molar-refractivity contribution in [2.24, 2.45) is 0 Å². The van der Waals surface area contributed by atoms with Crippen molar-refractivity contribution in [3.8, 4) is 5.75 Å². The summed E-state index contributed by atoms with van der Waals surface area (Å²) in [6, 6.07) is 3.32. The van der Waals surface area contributed by atoms with E-state index in [1.54, 1.807) is 0 Å². The first-order chi connectivity index (χ1) is 9.00. The van der Waals surface area contributed by atoms with Crippen LogP contribution in [-0.4, -0.2) is 25.9 Å². The molecule has 0 fully saturated rings. The first-order valence-corrected chi connectivity index (χ1v) is 7.87. The third-order valence-electron chi connectivity index (χ3n) is 2.59. The first-order valence-electron chi connectivity index (χ1n) is 4.99. The number of nitrogens with two attached hydrogens (primary N) is 1. The SMILES string of the molecule is Nc1cc(S(=O)(=O)O)cc2cc(S(=O)(=O)O)cc([O-])c12.[K+]. The van der Waals surface area contributed by atoms with Gasteiger partial charge in [0.1, 0.15) is 0 Å². The van der Waals surface area contributed by atoms with Gasteiger partial charge in [-0.1, -0.05) is 5.75 Å². The average molecular weight is 357 g/mol. The molecule has 0 aliphatic heterocycles. The molecule has 0 heterocycles. The van der Waals surface area contributed by atoms with Crippen molar-refractivity contribution < 1.29 is 82.4 Å². The molecule has 8 nitrogen and oxygen atoms in total. The molecular weight excluding hydrogens is 349 g/mol. The second-order valence-corrected chi connectivity index (χ2v) is 6.83. The van der Waals surface area contributed by atoms with Crippen LogP contribution in [0.15, 0.2) is 34.1 Å². The Hall–Kier alpha value is -0.244. The minimum Gasteiger partial charge on any atom is -0.872 e. The van der Waals surface area contributed by atoms with Crippen LogP contribution in [0.3, 0.4) is 0 Å². The summed E-state index contributed by atoms with van der Waals surface area (Å²) in [6.07, 6.45) is 0. The number of benzene rings is 2. The van der Waals surface area contributed by atoms with Crippen LogP contribution in [0.25, 0.3) is 10.8 Å². The summed E-state index contributed by atoms with van der Waals surface area (Å²) in [5.74, 6) is -0.797. The standard InChI is InChI=1S/C10H9NO7S2.K/c11-8-3-6(19(13,14)15)1-5-2-7(20(16,17)18)4-9(12)10(5)8;/h1-4,12H,11H2,(H,13,14,15)(H,16,17,18);/q;+1/p-1. The quantitative estimate of drug-likeness (QED) is 0.291. The van der Waals surface area contributed by atoms with Crippen molar-refractivity contribution >= 4 is 36.7 Å². The van der Waals surface area contributed by atoms with E-state index in [0.717, 1.165) is 18.2 Å². The van der Waals surface area contributed by atoms with Crippen molar-refractivity contribution in [1.82, 2.24) is 0 Å². The van der Waals surface area contributed by atoms with Gasteiger partial charge in [-0.3, -0.25) is 9.11 Å². The van der Waals surface area contributed by atoms with E-state index in [0.29, 0.717) is 6.07 Å². The molecule has 2 aromatic carbocycles. The maximum Gasteiger partial charge on any atom is 1.00 e. The predicted molar refractivity (Wildman–Crippen MR) is 67.4 cm³/mol. The Bertz CT molecular complexity index is 849. The van der Waals surface area contributed by atoms with Crippen LogP contribution in [0.4, 0.5) is 5.69 Å². The van der Waals surface area contributed by atoms with Gasteiger partial charge in [-0.25, -0.2) is 0 Å². The zero-order valence-corrected chi connectivity index (χ0v) is 15.4. The van der Waals surface area contributed by atoms with Gasteiger partial charge in [-0.15, -0.1) is 0 Å². The van der Waals surface area contributed by atoms with Crippen LogP contribution in [0, 0.1) is 0 Å². The fraction of sp³-hybridized carbons (Fsp3) is 0. The summed E-state index contributed by atoms with van der Waals surface area (Å²) >= 11 is 0. The molecule has 0 aliphatic carbocycles. The van der Waals surface area contributed by atoms with E-state index in [1.807, 2.05) is 0 Å². The molecule has 0 aliphatic rings. The van der Waals surface area contributed by atoms with E-state index in [4.69, 9.17) is 14.8 Å². The molecule has 0 spiro atoms. The molecule has 0 atom stereocenters. The summed E-state index contributed by atoms with van der Waals surface area (Å²) in [5, 5.41) is 11.5. The minimum atomic E-state index is -4.63. The van der Waals surface area contributed by atoms with Gasteiger partial charge in [-0.2, -0.15) is 16.8 Å². The number of fused-ring (bicyclic) bond motifs is 1. The molecule has 21 heavy (non-hydrogen) atoms. The second kappa shape index (κ2) is 6.10. The van der Waals surface area contributed by atoms with Crippen molar-refractivity contribution in [1.29, 1.82) is 0 Å². The van der Waals surface area contributed by atoms with Crippen molar-refractivity contribution in [2.45, 2.75) is 9.79 Å². The molecule has 108 valence electrons. The largest absolute Gasteiger partial charge is 1.00 e. The number of hydrogen-bond donors (Lipinski definition) is 3. The molecule has 0 saturated heterocycles. The molecule has 0 unspecified atom stereocenters. The zero-order valence-electron chi connectivity index (χ0n) is 10.6. The molecule has 0 bridgehead atoms. The van der Waals surface area contributed by atoms with Crippen molar-refractivity contribution in [3.05, 3.63) is 24.3 Å². The number of hydrogen-bond acceptors (Lipinski definition) is 6. The third-order valence-corrected chi connectivity index (χ3v) is 4.25. The second-order valence-electron chi connectivity index (χ2n) is 3.98. The van der Waals surface area contributed by atoms with Gasteiger partial charge in [0.25, 0.3) is 20.2 Å². The summed E-state index contributed by atoms with van der Waals surface area (Å²) in [5.41, 5.74) is 5.29. The maximum absolute atomic E-state index is 11.8. The van der Waals surface area contributed by atoms with Gasteiger partial charge < -0.3 is 10.8 Å². The Morgan fingerprint density at radius 3 is 1.76 bits per heavy atom. The molecule has 2 aromatic rings. The summed E-state index contributed by atoms with van der Waals surface area (Å²) in [4.78, 5) is -1.28. The Morgan fingerprint density at radius 1 is 0.905 bits per heavy atom. The van der Waals surface area contributed by atoms with Gasteiger partial charge in [-0.05, 0) is 35.0 Å². The molecule has 0 saturated carbocycles. The van der Waals surface area contributed by atoms with Crippen LogP contribution >= 0.6 is 0 Å². The monoisotopic (exact) mass is 357 g/mol. The Kier molecular flexibility index (Phi) is 5.46. The molecule has 2 rings (SSSR count). The van der Waals surface area contributed by atoms with Gasteiger partial charge in [0.05, 0.1) is 9.79 Å². The molecule has 0 amide bonds. The number of rotatable bonds is 2. The Labute approximate surface area is 162 Å². The number of anilines is 1. The summed E-state index contributed by atoms with van der Waals surface area (Å²) in [7, 11) is -9.20. The smallest absolute Gasteiger partial charge is 0.872 e. The molecule has 4 N–H and O–H groups in total. The van der Waals surface area contributed by atoms with E-state index >= 15 is 0 Å². The van der Waals surface area contributed by atoms with E-state index in [9.17, 15) is 21.9 Å². The molecule has 0 aromatic heterocycles. The molecule has 11 heteroatoms. The van der Waals surface area contributed by atoms with Crippen LogP contribution < -0.4 is 62.2 Å². The topological polar surface area (TPSA) is 158 Å². The van der Waals surface area contributed by atoms with Crippen LogP contribution in [0.5, 0.6) is 5.75 Å². The normalized spacial score (nSPS) is 12.1. The zero-order chi connectivity index (χ0) is 15.3. The van der Waals surface area contributed by atoms with E-state index in [2.05, 4.69) is 0 Å². The van der Waals surface area contributed by atoms with Gasteiger partial charge >= 0.3 is 51.4 Å². The maximum atomic E-state index is 11.8. The van der Waals surface area contributed by atoms with E-state index < -0.39 is 35.8 Å². The van der Waals surface area contributed by atoms with Gasteiger partial charge in [0.2, 0.25) is 0 Å². The predicted octanol–water partition coefficient (Wildman–Crippen LogP) is -3.01. The van der Waals surface area contributed by atoms with Crippen LogP contribution in [0.1, 0.15) is 0 Å². The fourth-order valence-corrected chi connectivity index (χ4v) is 2.84. The summed E-state index contributed by atoms with van der Waals surface area (Å²) < 4.78 is 62.0. The van der Waals surface area contributed by atoms with Crippen molar-refractivity contribution in [3.63, 3.8) is 0 Å². The molecule has 0 radical (unpaired) electrons. The average Bonchev–Trinajstić information content (AvgIpc) is 2.25. The number of nitrogen functional groups attached to an aromatic ring is 1. The third kappa shape index (κ3) is 3.94. The van der Waals surface area contributed by atoms with Crippen LogP contribution in [-0.2, 0) is 20.2 Å². The van der Waals surface area contributed by atoms with Crippen LogP contribution in [0.2, 0.25) is 0 Å². The van der Waals surface area contributed by atoms with Gasteiger partial charge in [0.15, 0.2) is 0 Å².